The molecule has 6 heteroatoms. The summed E-state index contributed by atoms with van der Waals surface area (Å²) >= 11 is 0. The second kappa shape index (κ2) is 10.2. The van der Waals surface area contributed by atoms with Gasteiger partial charge in [-0.1, -0.05) is 38.8 Å². The van der Waals surface area contributed by atoms with Gasteiger partial charge in [0.2, 0.25) is 11.8 Å². The van der Waals surface area contributed by atoms with Gasteiger partial charge in [0.05, 0.1) is 0 Å². The number of carbonyl (C=O) groups is 3. The summed E-state index contributed by atoms with van der Waals surface area (Å²) in [5.41, 5.74) is 3.01. The van der Waals surface area contributed by atoms with Crippen LogP contribution in [0.1, 0.15) is 86.7 Å². The summed E-state index contributed by atoms with van der Waals surface area (Å²) in [5.74, 6) is 0.864. The molecule has 3 fully saturated rings. The fourth-order valence-corrected chi connectivity index (χ4v) is 5.42. The molecule has 0 radical (unpaired) electrons. The smallest absolute Gasteiger partial charge is 0.255 e. The van der Waals surface area contributed by atoms with Crippen LogP contribution in [-0.2, 0) is 22.6 Å². The first-order valence-electron chi connectivity index (χ1n) is 12.6. The van der Waals surface area contributed by atoms with Crippen molar-refractivity contribution in [1.29, 1.82) is 0 Å². The van der Waals surface area contributed by atoms with Crippen LogP contribution in [0, 0.1) is 11.8 Å². The zero-order valence-corrected chi connectivity index (χ0v) is 19.5. The summed E-state index contributed by atoms with van der Waals surface area (Å²) in [5, 5.41) is 6.21. The van der Waals surface area contributed by atoms with Crippen molar-refractivity contribution in [3.8, 4) is 0 Å². The second-order valence-corrected chi connectivity index (χ2v) is 9.60. The standard InChI is InChI=1S/C24H31N3O3.C2H6/c28-22-10-9-21(23(29)26-22)27-14-18-12-16(7-8-19(18)24(27)30)11-17-3-1-2-4-20(17)25-13-15-5-6-15;1-2/h7-8,12,15,17,20-21,25H,1-6,9-11,13-14H2,(H,26,28,29);1-2H3/t17-,20+,21?;/m1./s1. The van der Waals surface area contributed by atoms with Gasteiger partial charge in [0.25, 0.3) is 5.91 Å². The van der Waals surface area contributed by atoms with E-state index < -0.39 is 6.04 Å². The van der Waals surface area contributed by atoms with Crippen molar-refractivity contribution in [2.45, 2.75) is 90.3 Å². The highest BCUT2D eigenvalue weighted by molar-refractivity contribution is 6.05. The van der Waals surface area contributed by atoms with Gasteiger partial charge in [0.15, 0.2) is 0 Å². The molecule has 5 rings (SSSR count). The molecule has 0 spiro atoms. The number of fused-ring (bicyclic) bond motifs is 1. The van der Waals surface area contributed by atoms with Gasteiger partial charge in [-0.15, -0.1) is 0 Å². The highest BCUT2D eigenvalue weighted by Gasteiger charge is 2.39. The third kappa shape index (κ3) is 5.06. The lowest BCUT2D eigenvalue weighted by Crippen LogP contribution is -2.52. The van der Waals surface area contributed by atoms with E-state index in [1.54, 1.807) is 4.90 Å². The molecule has 6 nitrogen and oxygen atoms in total. The van der Waals surface area contributed by atoms with Crippen molar-refractivity contribution < 1.29 is 14.4 Å². The molecule has 0 bridgehead atoms. The minimum Gasteiger partial charge on any atom is -0.322 e. The van der Waals surface area contributed by atoms with Gasteiger partial charge in [0.1, 0.15) is 6.04 Å². The molecule has 1 aromatic carbocycles. The Balaban J connectivity index is 0.00000119. The number of imide groups is 1. The number of amides is 3. The summed E-state index contributed by atoms with van der Waals surface area (Å²) in [6.07, 6.45) is 9.66. The molecular formula is C26H37N3O3. The van der Waals surface area contributed by atoms with Gasteiger partial charge in [-0.05, 0) is 74.1 Å². The monoisotopic (exact) mass is 439 g/mol. The topological polar surface area (TPSA) is 78.5 Å². The normalized spacial score (nSPS) is 27.5. The Kier molecular flexibility index (Phi) is 7.29. The number of benzene rings is 1. The van der Waals surface area contributed by atoms with Gasteiger partial charge in [-0.25, -0.2) is 0 Å². The van der Waals surface area contributed by atoms with E-state index in [0.717, 1.165) is 17.9 Å². The van der Waals surface area contributed by atoms with E-state index in [1.807, 2.05) is 19.9 Å². The maximum absolute atomic E-state index is 12.9. The Morgan fingerprint density at radius 1 is 1.03 bits per heavy atom. The molecule has 4 aliphatic rings. The molecule has 1 saturated heterocycles. The number of nitrogens with zero attached hydrogens (tertiary/aromatic N) is 1. The Hall–Kier alpha value is -2.21. The molecule has 2 aliphatic carbocycles. The number of hydrogen-bond acceptors (Lipinski definition) is 4. The molecule has 2 heterocycles. The first-order chi connectivity index (χ1) is 15.6. The molecule has 32 heavy (non-hydrogen) atoms. The zero-order chi connectivity index (χ0) is 22.7. The number of nitrogens with one attached hydrogen (secondary N) is 2. The second-order valence-electron chi connectivity index (χ2n) is 9.60. The summed E-state index contributed by atoms with van der Waals surface area (Å²) in [7, 11) is 0. The fraction of sp³-hybridized carbons (Fsp3) is 0.654. The predicted molar refractivity (Wildman–Crippen MR) is 124 cm³/mol. The van der Waals surface area contributed by atoms with Gasteiger partial charge < -0.3 is 10.2 Å². The highest BCUT2D eigenvalue weighted by atomic mass is 16.2. The number of piperidine rings is 1. The van der Waals surface area contributed by atoms with Crippen LogP contribution in [0.25, 0.3) is 0 Å². The van der Waals surface area contributed by atoms with Crippen LogP contribution in [0.2, 0.25) is 0 Å². The number of rotatable bonds is 6. The summed E-state index contributed by atoms with van der Waals surface area (Å²) in [4.78, 5) is 38.2. The lowest BCUT2D eigenvalue weighted by molar-refractivity contribution is -0.136. The number of carbonyl (C=O) groups excluding carboxylic acids is 3. The van der Waals surface area contributed by atoms with E-state index in [-0.39, 0.29) is 17.7 Å². The minimum atomic E-state index is -0.541. The van der Waals surface area contributed by atoms with E-state index in [0.29, 0.717) is 36.9 Å². The third-order valence-corrected chi connectivity index (χ3v) is 7.36. The van der Waals surface area contributed by atoms with Crippen LogP contribution in [0.5, 0.6) is 0 Å². The van der Waals surface area contributed by atoms with Gasteiger partial charge >= 0.3 is 0 Å². The molecule has 1 unspecified atom stereocenters. The molecule has 2 aliphatic heterocycles. The highest BCUT2D eigenvalue weighted by Crippen LogP contribution is 2.33. The van der Waals surface area contributed by atoms with E-state index >= 15 is 0 Å². The Morgan fingerprint density at radius 3 is 2.56 bits per heavy atom. The molecular weight excluding hydrogens is 402 g/mol. The van der Waals surface area contributed by atoms with Crippen LogP contribution in [-0.4, -0.2) is 41.2 Å². The van der Waals surface area contributed by atoms with E-state index in [9.17, 15) is 14.4 Å². The van der Waals surface area contributed by atoms with Crippen LogP contribution in [0.4, 0.5) is 0 Å². The summed E-state index contributed by atoms with van der Waals surface area (Å²) in [6.45, 7) is 5.63. The number of hydrogen-bond donors (Lipinski definition) is 2. The summed E-state index contributed by atoms with van der Waals surface area (Å²) < 4.78 is 0. The maximum atomic E-state index is 12.9. The van der Waals surface area contributed by atoms with Gasteiger partial charge in [-0.2, -0.15) is 0 Å². The van der Waals surface area contributed by atoms with E-state index in [2.05, 4.69) is 22.8 Å². The molecule has 3 amide bonds. The minimum absolute atomic E-state index is 0.0901. The third-order valence-electron chi connectivity index (χ3n) is 7.36. The summed E-state index contributed by atoms with van der Waals surface area (Å²) in [6, 6.07) is 6.27. The van der Waals surface area contributed by atoms with Crippen LogP contribution >= 0.6 is 0 Å². The van der Waals surface area contributed by atoms with Crippen LogP contribution in [0.15, 0.2) is 18.2 Å². The SMILES string of the molecule is CC.O=C1CCC(N2Cc3cc(C[C@H]4CCCC[C@@H]4NCC4CC4)ccc3C2=O)C(=O)N1. The Bertz CT molecular complexity index is 864. The van der Waals surface area contributed by atoms with Crippen LogP contribution < -0.4 is 10.6 Å². The fourth-order valence-electron chi connectivity index (χ4n) is 5.42. The molecule has 1 aromatic rings. The van der Waals surface area contributed by atoms with Gasteiger partial charge in [0, 0.05) is 24.6 Å². The lowest BCUT2D eigenvalue weighted by Gasteiger charge is -2.32. The molecule has 2 saturated carbocycles. The van der Waals surface area contributed by atoms with Crippen molar-refractivity contribution in [3.05, 3.63) is 34.9 Å². The van der Waals surface area contributed by atoms with E-state index in [4.69, 9.17) is 0 Å². The van der Waals surface area contributed by atoms with Crippen molar-refractivity contribution in [2.24, 2.45) is 11.8 Å². The molecule has 174 valence electrons. The van der Waals surface area contributed by atoms with Gasteiger partial charge in [-0.3, -0.25) is 19.7 Å². The average molecular weight is 440 g/mol. The molecule has 2 N–H and O–H groups in total. The zero-order valence-electron chi connectivity index (χ0n) is 19.5. The Morgan fingerprint density at radius 2 is 1.81 bits per heavy atom. The van der Waals surface area contributed by atoms with Crippen molar-refractivity contribution >= 4 is 17.7 Å². The Labute approximate surface area is 191 Å². The van der Waals surface area contributed by atoms with E-state index in [1.165, 1.54) is 50.6 Å². The molecule has 0 aromatic heterocycles. The van der Waals surface area contributed by atoms with Crippen molar-refractivity contribution in [1.82, 2.24) is 15.5 Å². The quantitative estimate of drug-likeness (QED) is 0.664. The molecule has 3 atom stereocenters. The van der Waals surface area contributed by atoms with Crippen LogP contribution in [0.3, 0.4) is 0 Å². The first-order valence-corrected chi connectivity index (χ1v) is 12.6. The first kappa shape index (κ1) is 23.0. The maximum Gasteiger partial charge on any atom is 0.255 e. The lowest BCUT2D eigenvalue weighted by atomic mass is 9.80. The largest absolute Gasteiger partial charge is 0.322 e. The average Bonchev–Trinajstić information content (AvgIpc) is 3.58. The van der Waals surface area contributed by atoms with Crippen molar-refractivity contribution in [3.63, 3.8) is 0 Å². The predicted octanol–water partition coefficient (Wildman–Crippen LogP) is 3.57. The van der Waals surface area contributed by atoms with Crippen molar-refractivity contribution in [2.75, 3.05) is 6.54 Å².